The Morgan fingerprint density at radius 2 is 1.92 bits per heavy atom. The molecule has 0 aliphatic rings. The van der Waals surface area contributed by atoms with E-state index in [0.717, 1.165) is 5.69 Å². The monoisotopic (exact) mass is 347 g/mol. The van der Waals surface area contributed by atoms with E-state index in [4.69, 9.17) is 11.6 Å². The largest absolute Gasteiger partial charge is 0.387 e. The number of halogens is 1. The van der Waals surface area contributed by atoms with Crippen LogP contribution >= 0.6 is 11.6 Å². The summed E-state index contributed by atoms with van der Waals surface area (Å²) >= 11 is 6.04. The Hall–Kier alpha value is -2.11. The molecule has 128 valence electrons. The number of amides is 2. The maximum atomic E-state index is 12.2. The lowest BCUT2D eigenvalue weighted by Gasteiger charge is -2.22. The third-order valence-electron chi connectivity index (χ3n) is 3.68. The Morgan fingerprint density at radius 1 is 1.21 bits per heavy atom. The molecular weight excluding hydrogens is 326 g/mol. The fraction of sp³-hybridized carbons (Fsp3) is 0.333. The molecule has 2 amide bonds. The Bertz CT molecular complexity index is 664. The number of aliphatic hydroxyl groups is 1. The second-order valence-electron chi connectivity index (χ2n) is 5.87. The minimum atomic E-state index is -0.864. The van der Waals surface area contributed by atoms with Crippen molar-refractivity contribution in [3.63, 3.8) is 0 Å². The molecule has 0 spiro atoms. The second kappa shape index (κ2) is 8.66. The van der Waals surface area contributed by atoms with E-state index in [1.807, 2.05) is 32.0 Å². The molecular formula is C18H22ClN3O2. The molecule has 1 aromatic carbocycles. The molecule has 2 aromatic rings. The van der Waals surface area contributed by atoms with Crippen LogP contribution < -0.4 is 10.6 Å². The number of pyridine rings is 1. The first-order valence-electron chi connectivity index (χ1n) is 7.86. The van der Waals surface area contributed by atoms with Crippen LogP contribution in [0.2, 0.25) is 5.02 Å². The predicted molar refractivity (Wildman–Crippen MR) is 94.8 cm³/mol. The molecule has 2 atom stereocenters. The third-order valence-corrected chi connectivity index (χ3v) is 4.02. The molecule has 0 saturated carbocycles. The van der Waals surface area contributed by atoms with Crippen LogP contribution in [0, 0.1) is 5.92 Å². The zero-order valence-electron chi connectivity index (χ0n) is 13.7. The van der Waals surface area contributed by atoms with Gasteiger partial charge in [-0.05, 0) is 24.1 Å². The van der Waals surface area contributed by atoms with Crippen LogP contribution in [0.3, 0.4) is 0 Å². The van der Waals surface area contributed by atoms with Gasteiger partial charge in [0.25, 0.3) is 0 Å². The highest BCUT2D eigenvalue weighted by molar-refractivity contribution is 6.31. The Morgan fingerprint density at radius 3 is 2.54 bits per heavy atom. The summed E-state index contributed by atoms with van der Waals surface area (Å²) in [5.41, 5.74) is 1.39. The number of nitrogens with one attached hydrogen (secondary N) is 2. The summed E-state index contributed by atoms with van der Waals surface area (Å²) in [6, 6.07) is 12.1. The van der Waals surface area contributed by atoms with Crippen LogP contribution in [0.4, 0.5) is 4.79 Å². The Labute approximate surface area is 147 Å². The van der Waals surface area contributed by atoms with Gasteiger partial charge in [0.2, 0.25) is 0 Å². The Kier molecular flexibility index (Phi) is 6.58. The zero-order chi connectivity index (χ0) is 17.5. The van der Waals surface area contributed by atoms with Crippen molar-refractivity contribution in [2.75, 3.05) is 6.54 Å². The van der Waals surface area contributed by atoms with Gasteiger partial charge in [0.1, 0.15) is 0 Å². The highest BCUT2D eigenvalue weighted by Gasteiger charge is 2.20. The lowest BCUT2D eigenvalue weighted by Crippen LogP contribution is -2.41. The first kappa shape index (κ1) is 18.2. The van der Waals surface area contributed by atoms with E-state index in [1.165, 1.54) is 0 Å². The van der Waals surface area contributed by atoms with Crippen LogP contribution in [0.1, 0.15) is 37.3 Å². The number of rotatable bonds is 6. The number of aromatic nitrogens is 1. The topological polar surface area (TPSA) is 74.2 Å². The quantitative estimate of drug-likeness (QED) is 0.749. The Balaban J connectivity index is 1.93. The molecule has 2 rings (SSSR count). The van der Waals surface area contributed by atoms with Crippen LogP contribution in [0.15, 0.2) is 48.7 Å². The van der Waals surface area contributed by atoms with Gasteiger partial charge in [-0.1, -0.05) is 49.7 Å². The number of carbonyl (C=O) groups excluding carboxylic acids is 1. The normalized spacial score (nSPS) is 13.4. The summed E-state index contributed by atoms with van der Waals surface area (Å²) in [6.45, 7) is 4.10. The predicted octanol–water partition coefficient (Wildman–Crippen LogP) is 3.46. The first-order valence-corrected chi connectivity index (χ1v) is 8.24. The highest BCUT2D eigenvalue weighted by Crippen LogP contribution is 2.22. The summed E-state index contributed by atoms with van der Waals surface area (Å²) < 4.78 is 0. The molecule has 0 radical (unpaired) electrons. The van der Waals surface area contributed by atoms with E-state index < -0.39 is 6.10 Å². The molecule has 2 unspecified atom stereocenters. The van der Waals surface area contributed by atoms with Crippen LogP contribution in [0.25, 0.3) is 0 Å². The summed E-state index contributed by atoms with van der Waals surface area (Å²) in [5, 5.41) is 16.2. The molecule has 3 N–H and O–H groups in total. The summed E-state index contributed by atoms with van der Waals surface area (Å²) in [4.78, 5) is 16.5. The summed E-state index contributed by atoms with van der Waals surface area (Å²) in [7, 11) is 0. The average molecular weight is 348 g/mol. The molecule has 24 heavy (non-hydrogen) atoms. The lowest BCUT2D eigenvalue weighted by molar-refractivity contribution is 0.172. The lowest BCUT2D eigenvalue weighted by atomic mass is 10.0. The van der Waals surface area contributed by atoms with Gasteiger partial charge in [0.05, 0.1) is 17.8 Å². The van der Waals surface area contributed by atoms with Crippen molar-refractivity contribution in [2.24, 2.45) is 5.92 Å². The molecule has 0 bridgehead atoms. The maximum Gasteiger partial charge on any atom is 0.315 e. The summed E-state index contributed by atoms with van der Waals surface area (Å²) in [6.07, 6.45) is 0.836. The van der Waals surface area contributed by atoms with E-state index >= 15 is 0 Å². The zero-order valence-corrected chi connectivity index (χ0v) is 14.5. The molecule has 0 saturated heterocycles. The molecule has 0 aliphatic carbocycles. The van der Waals surface area contributed by atoms with E-state index in [9.17, 15) is 9.90 Å². The van der Waals surface area contributed by atoms with E-state index in [2.05, 4.69) is 15.6 Å². The van der Waals surface area contributed by atoms with Crippen molar-refractivity contribution < 1.29 is 9.90 Å². The number of aliphatic hydroxyl groups excluding tert-OH is 1. The number of urea groups is 1. The van der Waals surface area contributed by atoms with Crippen molar-refractivity contribution in [1.29, 1.82) is 0 Å². The van der Waals surface area contributed by atoms with Gasteiger partial charge in [0, 0.05) is 23.3 Å². The minimum Gasteiger partial charge on any atom is -0.387 e. The van der Waals surface area contributed by atoms with Crippen molar-refractivity contribution in [3.8, 4) is 0 Å². The number of benzene rings is 1. The first-order chi connectivity index (χ1) is 11.5. The van der Waals surface area contributed by atoms with Crippen LogP contribution in [-0.2, 0) is 0 Å². The van der Waals surface area contributed by atoms with E-state index in [0.29, 0.717) is 10.6 Å². The number of hydrogen-bond acceptors (Lipinski definition) is 3. The van der Waals surface area contributed by atoms with E-state index in [1.54, 1.807) is 30.5 Å². The fourth-order valence-corrected chi connectivity index (χ4v) is 2.64. The molecule has 6 heteroatoms. The molecule has 1 aromatic heterocycles. The standard InChI is InChI=1S/C18H22ClN3O2/c1-12(2)17(15-9-5-6-10-20-15)22-18(24)21-11-16(23)13-7-3-4-8-14(13)19/h3-10,12,16-17,23H,11H2,1-2H3,(H2,21,22,24). The van der Waals surface area contributed by atoms with Gasteiger partial charge in [-0.3, -0.25) is 4.98 Å². The van der Waals surface area contributed by atoms with Crippen molar-refractivity contribution in [2.45, 2.75) is 26.0 Å². The van der Waals surface area contributed by atoms with Crippen molar-refractivity contribution in [3.05, 3.63) is 64.9 Å². The van der Waals surface area contributed by atoms with E-state index in [-0.39, 0.29) is 24.5 Å². The maximum absolute atomic E-state index is 12.2. The third kappa shape index (κ3) is 4.94. The van der Waals surface area contributed by atoms with Gasteiger partial charge in [-0.15, -0.1) is 0 Å². The van der Waals surface area contributed by atoms with Crippen LogP contribution in [-0.4, -0.2) is 22.7 Å². The number of hydrogen-bond donors (Lipinski definition) is 3. The highest BCUT2D eigenvalue weighted by atomic mass is 35.5. The van der Waals surface area contributed by atoms with Gasteiger partial charge < -0.3 is 15.7 Å². The summed E-state index contributed by atoms with van der Waals surface area (Å²) in [5.74, 6) is 0.180. The van der Waals surface area contributed by atoms with Gasteiger partial charge in [0.15, 0.2) is 0 Å². The second-order valence-corrected chi connectivity index (χ2v) is 6.28. The molecule has 0 fully saturated rings. The van der Waals surface area contributed by atoms with Crippen molar-refractivity contribution >= 4 is 17.6 Å². The molecule has 5 nitrogen and oxygen atoms in total. The SMILES string of the molecule is CC(C)C(NC(=O)NCC(O)c1ccccc1Cl)c1ccccn1. The number of carbonyl (C=O) groups is 1. The molecule has 1 heterocycles. The average Bonchev–Trinajstić information content (AvgIpc) is 2.58. The minimum absolute atomic E-state index is 0.0720. The number of nitrogens with zero attached hydrogens (tertiary/aromatic N) is 1. The van der Waals surface area contributed by atoms with Gasteiger partial charge in [-0.25, -0.2) is 4.79 Å². The molecule has 0 aliphatic heterocycles. The fourth-order valence-electron chi connectivity index (χ4n) is 2.38. The van der Waals surface area contributed by atoms with Gasteiger partial charge >= 0.3 is 6.03 Å². The van der Waals surface area contributed by atoms with Gasteiger partial charge in [-0.2, -0.15) is 0 Å². The van der Waals surface area contributed by atoms with Crippen molar-refractivity contribution in [1.82, 2.24) is 15.6 Å². The smallest absolute Gasteiger partial charge is 0.315 e. The van der Waals surface area contributed by atoms with Crippen LogP contribution in [0.5, 0.6) is 0 Å².